The zero-order valence-corrected chi connectivity index (χ0v) is 11.1. The summed E-state index contributed by atoms with van der Waals surface area (Å²) in [6, 6.07) is 8.47. The predicted octanol–water partition coefficient (Wildman–Crippen LogP) is 2.40. The second-order valence-electron chi connectivity index (χ2n) is 4.40. The summed E-state index contributed by atoms with van der Waals surface area (Å²) in [5.41, 5.74) is 3.49. The molecule has 0 radical (unpaired) electrons. The summed E-state index contributed by atoms with van der Waals surface area (Å²) in [5.74, 6) is 1.04. The van der Waals surface area contributed by atoms with E-state index in [9.17, 15) is 0 Å². The number of ether oxygens (including phenoxy) is 1. The smallest absolute Gasteiger partial charge is 0.148 e. The molecule has 0 bridgehead atoms. The van der Waals surface area contributed by atoms with Gasteiger partial charge in [-0.3, -0.25) is 0 Å². The van der Waals surface area contributed by atoms with Gasteiger partial charge in [-0.2, -0.15) is 0 Å². The lowest BCUT2D eigenvalue weighted by atomic mass is 10.1. The highest BCUT2D eigenvalue weighted by Crippen LogP contribution is 2.33. The number of benzene rings is 1. The van der Waals surface area contributed by atoms with E-state index in [0.29, 0.717) is 0 Å². The van der Waals surface area contributed by atoms with Gasteiger partial charge in [0, 0.05) is 5.75 Å². The number of rotatable bonds is 3. The third kappa shape index (κ3) is 2.57. The molecule has 3 rings (SSSR count). The van der Waals surface area contributed by atoms with Crippen molar-refractivity contribution in [3.05, 3.63) is 47.3 Å². The van der Waals surface area contributed by atoms with Crippen LogP contribution >= 0.6 is 11.8 Å². The first-order chi connectivity index (χ1) is 8.81. The van der Waals surface area contributed by atoms with Crippen molar-refractivity contribution >= 4 is 11.8 Å². The van der Waals surface area contributed by atoms with Crippen molar-refractivity contribution in [2.75, 3.05) is 12.4 Å². The van der Waals surface area contributed by atoms with Crippen LogP contribution in [0.4, 0.5) is 0 Å². The van der Waals surface area contributed by atoms with Gasteiger partial charge in [0.2, 0.25) is 0 Å². The van der Waals surface area contributed by atoms with Crippen LogP contribution in [-0.2, 0) is 11.3 Å². The molecular weight excluding hydrogens is 246 g/mol. The maximum absolute atomic E-state index is 5.57. The van der Waals surface area contributed by atoms with Gasteiger partial charge < -0.3 is 4.74 Å². The summed E-state index contributed by atoms with van der Waals surface area (Å²) in [6.45, 7) is 3.65. The predicted molar refractivity (Wildman–Crippen MR) is 71.5 cm³/mol. The fraction of sp³-hybridized carbons (Fsp3) is 0.385. The van der Waals surface area contributed by atoms with E-state index in [1.807, 2.05) is 10.9 Å². The molecule has 94 valence electrons. The summed E-state index contributed by atoms with van der Waals surface area (Å²) in [6.07, 6.45) is 1.98. The van der Waals surface area contributed by atoms with Gasteiger partial charge in [0.1, 0.15) is 11.1 Å². The number of nitrogens with zero attached hydrogens (tertiary/aromatic N) is 3. The van der Waals surface area contributed by atoms with Crippen LogP contribution in [0, 0.1) is 6.92 Å². The first-order valence-electron chi connectivity index (χ1n) is 6.00. The zero-order valence-electron chi connectivity index (χ0n) is 10.2. The van der Waals surface area contributed by atoms with Crippen molar-refractivity contribution in [1.29, 1.82) is 0 Å². The number of hydrogen-bond acceptors (Lipinski definition) is 4. The first kappa shape index (κ1) is 11.7. The van der Waals surface area contributed by atoms with Gasteiger partial charge in [-0.1, -0.05) is 35.0 Å². The Bertz CT molecular complexity index is 517. The van der Waals surface area contributed by atoms with E-state index in [-0.39, 0.29) is 5.44 Å². The molecule has 1 saturated heterocycles. The van der Waals surface area contributed by atoms with Crippen LogP contribution in [-0.4, -0.2) is 27.4 Å². The molecule has 0 aliphatic carbocycles. The average molecular weight is 261 g/mol. The number of hydrogen-bond donors (Lipinski definition) is 0. The summed E-state index contributed by atoms with van der Waals surface area (Å²) in [5, 5.41) is 8.33. The second-order valence-corrected chi connectivity index (χ2v) is 5.57. The Kier molecular flexibility index (Phi) is 3.34. The molecule has 0 unspecified atom stereocenters. The molecule has 2 heterocycles. The van der Waals surface area contributed by atoms with Crippen LogP contribution < -0.4 is 0 Å². The number of thioether (sulfide) groups is 1. The van der Waals surface area contributed by atoms with Gasteiger partial charge in [-0.25, -0.2) is 4.68 Å². The van der Waals surface area contributed by atoms with Crippen LogP contribution in [0.25, 0.3) is 0 Å². The molecule has 1 aromatic carbocycles. The normalized spacial score (nSPS) is 19.3. The molecule has 5 heteroatoms. The van der Waals surface area contributed by atoms with Gasteiger partial charge in [-0.15, -0.1) is 16.9 Å². The van der Waals surface area contributed by atoms with Gasteiger partial charge >= 0.3 is 0 Å². The van der Waals surface area contributed by atoms with E-state index in [2.05, 4.69) is 41.5 Å². The largest absolute Gasteiger partial charge is 0.360 e. The fourth-order valence-corrected chi connectivity index (χ4v) is 2.79. The van der Waals surface area contributed by atoms with Crippen molar-refractivity contribution in [3.63, 3.8) is 0 Å². The number of aromatic nitrogens is 3. The maximum Gasteiger partial charge on any atom is 0.148 e. The van der Waals surface area contributed by atoms with Gasteiger partial charge in [0.05, 0.1) is 19.3 Å². The molecule has 4 nitrogen and oxygen atoms in total. The van der Waals surface area contributed by atoms with Crippen LogP contribution in [0.1, 0.15) is 22.3 Å². The third-order valence-electron chi connectivity index (χ3n) is 2.88. The summed E-state index contributed by atoms with van der Waals surface area (Å²) < 4.78 is 7.43. The Morgan fingerprint density at radius 2 is 2.22 bits per heavy atom. The van der Waals surface area contributed by atoms with Crippen LogP contribution in [0.15, 0.2) is 30.5 Å². The van der Waals surface area contributed by atoms with Crippen molar-refractivity contribution in [2.45, 2.75) is 18.9 Å². The molecule has 0 saturated carbocycles. The van der Waals surface area contributed by atoms with Gasteiger partial charge in [-0.05, 0) is 12.5 Å². The highest BCUT2D eigenvalue weighted by Gasteiger charge is 2.21. The zero-order chi connectivity index (χ0) is 12.4. The fourth-order valence-electron chi connectivity index (χ4n) is 1.91. The Morgan fingerprint density at radius 1 is 1.39 bits per heavy atom. The summed E-state index contributed by atoms with van der Waals surface area (Å²) in [4.78, 5) is 0. The molecule has 0 N–H and O–H groups in total. The molecule has 1 atom stereocenters. The van der Waals surface area contributed by atoms with Crippen LogP contribution in [0.3, 0.4) is 0 Å². The Morgan fingerprint density at radius 3 is 2.94 bits per heavy atom. The lowest BCUT2D eigenvalue weighted by Gasteiger charge is -2.03. The van der Waals surface area contributed by atoms with E-state index in [4.69, 9.17) is 4.74 Å². The molecular formula is C13H15N3OS. The Labute approximate surface area is 110 Å². The molecule has 1 aliphatic rings. The second kappa shape index (κ2) is 5.12. The molecule has 2 aromatic rings. The molecule has 1 aliphatic heterocycles. The minimum absolute atomic E-state index is 0.0665. The van der Waals surface area contributed by atoms with Crippen LogP contribution in [0.2, 0.25) is 0 Å². The monoisotopic (exact) mass is 261 g/mol. The standard InChI is InChI=1S/C13H15N3OS/c1-10-2-4-11(5-3-10)8-16-9-12(14-15-16)13-17-6-7-18-13/h2-5,9,13H,6-8H2,1H3/t13-/m1/s1. The van der Waals surface area contributed by atoms with Gasteiger partial charge in [0.25, 0.3) is 0 Å². The molecule has 0 amide bonds. The van der Waals surface area contributed by atoms with E-state index >= 15 is 0 Å². The van der Waals surface area contributed by atoms with Crippen LogP contribution in [0.5, 0.6) is 0 Å². The molecule has 18 heavy (non-hydrogen) atoms. The van der Waals surface area contributed by atoms with E-state index in [0.717, 1.165) is 24.6 Å². The van der Waals surface area contributed by atoms with E-state index in [1.54, 1.807) is 11.8 Å². The van der Waals surface area contributed by atoms with Gasteiger partial charge in [0.15, 0.2) is 0 Å². The summed E-state index contributed by atoms with van der Waals surface area (Å²) >= 11 is 1.78. The van der Waals surface area contributed by atoms with Crippen molar-refractivity contribution in [1.82, 2.24) is 15.0 Å². The van der Waals surface area contributed by atoms with Crippen molar-refractivity contribution in [3.8, 4) is 0 Å². The molecule has 1 fully saturated rings. The molecule has 0 spiro atoms. The Balaban J connectivity index is 1.71. The minimum atomic E-state index is 0.0665. The molecule has 1 aromatic heterocycles. The Hall–Kier alpha value is -1.33. The van der Waals surface area contributed by atoms with Crippen molar-refractivity contribution in [2.24, 2.45) is 0 Å². The minimum Gasteiger partial charge on any atom is -0.360 e. The highest BCUT2D eigenvalue weighted by molar-refractivity contribution is 7.99. The van der Waals surface area contributed by atoms with E-state index < -0.39 is 0 Å². The number of aryl methyl sites for hydroxylation is 1. The quantitative estimate of drug-likeness (QED) is 0.850. The third-order valence-corrected chi connectivity index (χ3v) is 3.97. The van der Waals surface area contributed by atoms with Crippen molar-refractivity contribution < 1.29 is 4.74 Å². The van der Waals surface area contributed by atoms with E-state index in [1.165, 1.54) is 11.1 Å². The maximum atomic E-state index is 5.57. The SMILES string of the molecule is Cc1ccc(Cn2cc([C@@H]3OCCS3)nn2)cc1. The highest BCUT2D eigenvalue weighted by atomic mass is 32.2. The lowest BCUT2D eigenvalue weighted by Crippen LogP contribution is -2.00. The lowest BCUT2D eigenvalue weighted by molar-refractivity contribution is 0.142. The first-order valence-corrected chi connectivity index (χ1v) is 7.05. The average Bonchev–Trinajstić information content (AvgIpc) is 3.02. The summed E-state index contributed by atoms with van der Waals surface area (Å²) in [7, 11) is 0. The topological polar surface area (TPSA) is 39.9 Å².